The number of thiazole rings is 1. The largest absolute Gasteiger partial charge is 0.493 e. The van der Waals surface area contributed by atoms with Crippen molar-refractivity contribution >= 4 is 34.9 Å². The lowest BCUT2D eigenvalue weighted by molar-refractivity contribution is -0.133. The maximum atomic E-state index is 13.3. The molecule has 2 aliphatic rings. The molecule has 1 unspecified atom stereocenters. The molecule has 146 valence electrons. The number of benzene rings is 2. The number of carbonyl (C=O) groups is 2. The molecule has 3 aromatic rings. The minimum atomic E-state index is -1.07. The van der Waals surface area contributed by atoms with Gasteiger partial charge in [-0.05, 0) is 18.2 Å². The van der Waals surface area contributed by atoms with Gasteiger partial charge in [0.2, 0.25) is 0 Å². The number of nitrogens with one attached hydrogen (secondary N) is 1. The number of halogens is 1. The van der Waals surface area contributed by atoms with Crippen molar-refractivity contribution in [1.29, 1.82) is 0 Å². The van der Waals surface area contributed by atoms with Crippen molar-refractivity contribution in [2.24, 2.45) is 0 Å². The molecule has 5 rings (SSSR count). The summed E-state index contributed by atoms with van der Waals surface area (Å²) in [6.07, 6.45) is 0.401. The van der Waals surface area contributed by atoms with Crippen LogP contribution in [0.2, 0.25) is 5.02 Å². The van der Waals surface area contributed by atoms with E-state index in [1.807, 2.05) is 53.9 Å². The summed E-state index contributed by atoms with van der Waals surface area (Å²) in [6.45, 7) is 0.494. The van der Waals surface area contributed by atoms with Gasteiger partial charge in [0.25, 0.3) is 5.91 Å². The van der Waals surface area contributed by atoms with Gasteiger partial charge >= 0.3 is 6.03 Å². The number of amides is 3. The number of hydrogen-bond donors (Lipinski definition) is 1. The van der Waals surface area contributed by atoms with Crippen molar-refractivity contribution in [3.63, 3.8) is 0 Å². The number of para-hydroxylation sites is 1. The van der Waals surface area contributed by atoms with Crippen LogP contribution >= 0.6 is 22.9 Å². The Morgan fingerprint density at radius 3 is 2.79 bits per heavy atom. The van der Waals surface area contributed by atoms with E-state index in [0.717, 1.165) is 10.6 Å². The number of imide groups is 1. The highest BCUT2D eigenvalue weighted by Gasteiger charge is 2.54. The van der Waals surface area contributed by atoms with E-state index in [4.69, 9.17) is 16.3 Å². The summed E-state index contributed by atoms with van der Waals surface area (Å²) >= 11 is 7.41. The molecule has 1 fully saturated rings. The second-order valence-corrected chi connectivity index (χ2v) is 8.27. The Balaban J connectivity index is 1.42. The van der Waals surface area contributed by atoms with Crippen molar-refractivity contribution in [2.75, 3.05) is 6.61 Å². The average molecular weight is 426 g/mol. The third kappa shape index (κ3) is 2.97. The number of aromatic nitrogens is 1. The lowest BCUT2D eigenvalue weighted by Crippen LogP contribution is -2.47. The second-order valence-electron chi connectivity index (χ2n) is 6.97. The normalized spacial score (nSPS) is 20.5. The Labute approximate surface area is 176 Å². The van der Waals surface area contributed by atoms with Gasteiger partial charge < -0.3 is 10.1 Å². The Kier molecular flexibility index (Phi) is 4.29. The monoisotopic (exact) mass is 425 g/mol. The van der Waals surface area contributed by atoms with Crippen LogP contribution < -0.4 is 10.1 Å². The van der Waals surface area contributed by atoms with Gasteiger partial charge in [-0.15, -0.1) is 11.3 Å². The van der Waals surface area contributed by atoms with Crippen LogP contribution in [0.25, 0.3) is 10.6 Å². The van der Waals surface area contributed by atoms with E-state index in [9.17, 15) is 9.59 Å². The lowest BCUT2D eigenvalue weighted by Gasteiger charge is -2.33. The number of carbonyl (C=O) groups excluding carboxylic acids is 2. The molecular formula is C21H16ClN3O3S. The summed E-state index contributed by atoms with van der Waals surface area (Å²) in [7, 11) is 0. The molecule has 1 N–H and O–H groups in total. The van der Waals surface area contributed by atoms with Gasteiger partial charge in [0.15, 0.2) is 5.54 Å². The van der Waals surface area contributed by atoms with Crippen LogP contribution in [-0.4, -0.2) is 28.4 Å². The number of rotatable bonds is 3. The van der Waals surface area contributed by atoms with E-state index >= 15 is 0 Å². The highest BCUT2D eigenvalue weighted by Crippen LogP contribution is 2.41. The lowest BCUT2D eigenvalue weighted by atomic mass is 9.84. The molecule has 0 bridgehead atoms. The zero-order valence-electron chi connectivity index (χ0n) is 15.2. The quantitative estimate of drug-likeness (QED) is 0.638. The highest BCUT2D eigenvalue weighted by molar-refractivity contribution is 7.13. The molecule has 8 heteroatoms. The predicted molar refractivity (Wildman–Crippen MR) is 110 cm³/mol. The fourth-order valence-electron chi connectivity index (χ4n) is 3.78. The van der Waals surface area contributed by atoms with Crippen LogP contribution in [0.5, 0.6) is 5.75 Å². The number of hydrogen-bond acceptors (Lipinski definition) is 5. The summed E-state index contributed by atoms with van der Waals surface area (Å²) in [5.41, 5.74) is 1.24. The topological polar surface area (TPSA) is 71.5 Å². The zero-order valence-corrected chi connectivity index (χ0v) is 16.8. The fourth-order valence-corrected chi connectivity index (χ4v) is 4.73. The smallest absolute Gasteiger partial charge is 0.325 e. The summed E-state index contributed by atoms with van der Waals surface area (Å²) in [6, 6.07) is 14.3. The molecule has 1 atom stereocenters. The highest BCUT2D eigenvalue weighted by atomic mass is 35.5. The van der Waals surface area contributed by atoms with Crippen LogP contribution in [0.4, 0.5) is 4.79 Å². The molecule has 3 heterocycles. The van der Waals surface area contributed by atoms with Crippen molar-refractivity contribution in [3.05, 3.63) is 70.2 Å². The predicted octanol–water partition coefficient (Wildman–Crippen LogP) is 4.19. The maximum absolute atomic E-state index is 13.3. The molecule has 1 spiro atoms. The van der Waals surface area contributed by atoms with Gasteiger partial charge in [0, 0.05) is 28.0 Å². The molecular weight excluding hydrogens is 410 g/mol. The molecule has 3 amide bonds. The first-order chi connectivity index (χ1) is 14.1. The number of urea groups is 1. The first-order valence-electron chi connectivity index (χ1n) is 9.14. The fraction of sp³-hybridized carbons (Fsp3) is 0.190. The Hall–Kier alpha value is -2.90. The van der Waals surface area contributed by atoms with Crippen molar-refractivity contribution in [1.82, 2.24) is 15.2 Å². The minimum Gasteiger partial charge on any atom is -0.493 e. The molecule has 0 saturated carbocycles. The number of fused-ring (bicyclic) bond motifs is 2. The summed E-state index contributed by atoms with van der Waals surface area (Å²) < 4.78 is 5.67. The summed E-state index contributed by atoms with van der Waals surface area (Å²) in [5.74, 6) is 0.368. The Bertz CT molecular complexity index is 1110. The van der Waals surface area contributed by atoms with Gasteiger partial charge in [-0.25, -0.2) is 9.78 Å². The van der Waals surface area contributed by atoms with Crippen LogP contribution in [0.3, 0.4) is 0 Å². The third-order valence-corrected chi connectivity index (χ3v) is 6.41. The van der Waals surface area contributed by atoms with Crippen molar-refractivity contribution < 1.29 is 14.3 Å². The molecule has 2 aromatic carbocycles. The number of ether oxygens (including phenoxy) is 1. The average Bonchev–Trinajstić information content (AvgIpc) is 3.29. The van der Waals surface area contributed by atoms with Crippen LogP contribution in [0.15, 0.2) is 53.9 Å². The Morgan fingerprint density at radius 1 is 1.17 bits per heavy atom. The standard InChI is InChI=1S/C21H16ClN3O3S/c22-14-7-5-13(6-8-14)18-23-15(12-29-18)11-25-19(26)21(24-20(25)27)9-10-28-17-4-2-1-3-16(17)21/h1-8,12H,9-11H2,(H,24,27). The van der Waals surface area contributed by atoms with Crippen molar-refractivity contribution in [3.8, 4) is 16.3 Å². The molecule has 0 aliphatic carbocycles. The van der Waals surface area contributed by atoms with Crippen molar-refractivity contribution in [2.45, 2.75) is 18.5 Å². The van der Waals surface area contributed by atoms with Crippen LogP contribution in [0, 0.1) is 0 Å². The first kappa shape index (κ1) is 18.1. The van der Waals surface area contributed by atoms with E-state index in [1.54, 1.807) is 0 Å². The molecule has 29 heavy (non-hydrogen) atoms. The van der Waals surface area contributed by atoms with E-state index < -0.39 is 11.6 Å². The van der Waals surface area contributed by atoms with Gasteiger partial charge in [0.1, 0.15) is 10.8 Å². The van der Waals surface area contributed by atoms with E-state index in [2.05, 4.69) is 10.3 Å². The molecule has 1 aromatic heterocycles. The van der Waals surface area contributed by atoms with E-state index in [-0.39, 0.29) is 12.5 Å². The van der Waals surface area contributed by atoms with Crippen LogP contribution in [0.1, 0.15) is 17.7 Å². The number of nitrogens with zero attached hydrogens (tertiary/aromatic N) is 2. The SMILES string of the molecule is O=C1NC2(CCOc3ccccc32)C(=O)N1Cc1csc(-c2ccc(Cl)cc2)n1. The molecule has 1 saturated heterocycles. The summed E-state index contributed by atoms with van der Waals surface area (Å²) in [4.78, 5) is 31.9. The van der Waals surface area contributed by atoms with Gasteiger partial charge in [-0.3, -0.25) is 9.69 Å². The first-order valence-corrected chi connectivity index (χ1v) is 10.4. The summed E-state index contributed by atoms with van der Waals surface area (Å²) in [5, 5.41) is 6.25. The van der Waals surface area contributed by atoms with E-state index in [1.165, 1.54) is 16.2 Å². The molecule has 0 radical (unpaired) electrons. The minimum absolute atomic E-state index is 0.125. The second kappa shape index (κ2) is 6.86. The Morgan fingerprint density at radius 2 is 1.97 bits per heavy atom. The zero-order chi connectivity index (χ0) is 20.0. The molecule has 2 aliphatic heterocycles. The maximum Gasteiger partial charge on any atom is 0.325 e. The third-order valence-electron chi connectivity index (χ3n) is 5.22. The van der Waals surface area contributed by atoms with Gasteiger partial charge in [-0.2, -0.15) is 0 Å². The molecule has 6 nitrogen and oxygen atoms in total. The van der Waals surface area contributed by atoms with Gasteiger partial charge in [0.05, 0.1) is 18.8 Å². The van der Waals surface area contributed by atoms with Crippen LogP contribution in [-0.2, 0) is 16.9 Å². The van der Waals surface area contributed by atoms with Gasteiger partial charge in [-0.1, -0.05) is 41.9 Å². The van der Waals surface area contributed by atoms with E-state index in [0.29, 0.717) is 35.1 Å².